The highest BCUT2D eigenvalue weighted by Crippen LogP contribution is 2.27. The van der Waals surface area contributed by atoms with Gasteiger partial charge in [0.25, 0.3) is 5.91 Å². The minimum absolute atomic E-state index is 0.0996. The Morgan fingerprint density at radius 1 is 1.29 bits per heavy atom. The summed E-state index contributed by atoms with van der Waals surface area (Å²) in [6, 6.07) is 5.85. The second-order valence-electron chi connectivity index (χ2n) is 9.41. The van der Waals surface area contributed by atoms with E-state index >= 15 is 0 Å². The molecule has 1 saturated heterocycles. The van der Waals surface area contributed by atoms with Crippen molar-refractivity contribution in [2.45, 2.75) is 25.3 Å². The molecule has 1 aliphatic heterocycles. The Hall–Kier alpha value is -3.81. The average Bonchev–Trinajstić information content (AvgIpc) is 3.29. The van der Waals surface area contributed by atoms with Gasteiger partial charge >= 0.3 is 5.69 Å². The quantitative estimate of drug-likeness (QED) is 0.235. The SMILES string of the molecule is O=C(NCCCN1CCOCC1)c1ccc(-c2cc(=NC3CC3)n3nc/c(=C/c4[nH]c(=O)[nH]c4O)c3n2)s1. The van der Waals surface area contributed by atoms with Crippen LogP contribution in [0.5, 0.6) is 5.88 Å². The number of thiophene rings is 1. The molecule has 4 aromatic heterocycles. The number of hydrogen-bond acceptors (Lipinski definition) is 9. The van der Waals surface area contributed by atoms with Gasteiger partial charge in [-0.25, -0.2) is 9.78 Å². The van der Waals surface area contributed by atoms with E-state index in [1.165, 1.54) is 11.3 Å². The summed E-state index contributed by atoms with van der Waals surface area (Å²) in [6.45, 7) is 4.97. The number of hydrogen-bond donors (Lipinski definition) is 4. The number of carbonyl (C=O) groups excluding carboxylic acids is 1. The summed E-state index contributed by atoms with van der Waals surface area (Å²) in [5.74, 6) is -0.357. The Bertz CT molecular complexity index is 1640. The van der Waals surface area contributed by atoms with Gasteiger partial charge in [-0.05, 0) is 44.0 Å². The number of fused-ring (bicyclic) bond motifs is 1. The average molecular weight is 537 g/mol. The topological polar surface area (TPSA) is 153 Å². The maximum atomic E-state index is 12.8. The van der Waals surface area contributed by atoms with E-state index in [0.29, 0.717) is 33.5 Å². The zero-order valence-corrected chi connectivity index (χ0v) is 21.5. The van der Waals surface area contributed by atoms with Crippen molar-refractivity contribution in [3.8, 4) is 16.5 Å². The van der Waals surface area contributed by atoms with E-state index in [9.17, 15) is 14.7 Å². The van der Waals surface area contributed by atoms with Gasteiger partial charge in [0.15, 0.2) is 11.1 Å². The Kier molecular flexibility index (Phi) is 6.79. The Labute approximate surface area is 220 Å². The van der Waals surface area contributed by atoms with Gasteiger partial charge < -0.3 is 20.1 Å². The van der Waals surface area contributed by atoms with Crippen LogP contribution in [-0.2, 0) is 4.74 Å². The molecule has 0 bridgehead atoms. The summed E-state index contributed by atoms with van der Waals surface area (Å²) in [6.07, 6.45) is 6.18. The van der Waals surface area contributed by atoms with Crippen molar-refractivity contribution in [3.05, 3.63) is 56.2 Å². The third-order valence-corrected chi connectivity index (χ3v) is 7.61. The van der Waals surface area contributed by atoms with Gasteiger partial charge in [-0.3, -0.25) is 19.7 Å². The fourth-order valence-corrected chi connectivity index (χ4v) is 5.22. The first-order chi connectivity index (χ1) is 18.5. The molecule has 1 amide bonds. The fourth-order valence-electron chi connectivity index (χ4n) is 4.34. The predicted octanol–water partition coefficient (Wildman–Crippen LogP) is 0.243. The first kappa shape index (κ1) is 24.5. The van der Waals surface area contributed by atoms with Crippen LogP contribution in [0.25, 0.3) is 22.3 Å². The number of rotatable bonds is 8. The Balaban J connectivity index is 1.25. The third kappa shape index (κ3) is 5.39. The van der Waals surface area contributed by atoms with E-state index in [4.69, 9.17) is 14.7 Å². The molecule has 13 heteroatoms. The standard InChI is InChI=1S/C25H28N8O4S/c34-23-18(30-25(36)31-23)12-15-14-27-33-21(28-16-2-3-16)13-17(29-22(15)33)19-4-5-20(38-19)24(35)26-6-1-7-32-8-10-37-11-9-32/h4-5,12-14,16,34H,1-3,6-11H2,(H,26,35)(H2,30,31,36)/b15-12-,28-21?. The van der Waals surface area contributed by atoms with Crippen LogP contribution in [0, 0.1) is 0 Å². The van der Waals surface area contributed by atoms with Crippen molar-refractivity contribution in [1.29, 1.82) is 0 Å². The molecule has 2 aliphatic rings. The first-order valence-corrected chi connectivity index (χ1v) is 13.5. The van der Waals surface area contributed by atoms with E-state index in [2.05, 4.69) is 25.3 Å². The molecule has 0 atom stereocenters. The Morgan fingerprint density at radius 3 is 2.89 bits per heavy atom. The molecule has 2 fully saturated rings. The molecule has 0 aromatic carbocycles. The van der Waals surface area contributed by atoms with Gasteiger partial charge in [0, 0.05) is 30.9 Å². The van der Waals surface area contributed by atoms with Crippen LogP contribution in [0.15, 0.2) is 34.2 Å². The number of morpholine rings is 1. The van der Waals surface area contributed by atoms with Crippen LogP contribution >= 0.6 is 11.3 Å². The summed E-state index contributed by atoms with van der Waals surface area (Å²) >= 11 is 1.37. The summed E-state index contributed by atoms with van der Waals surface area (Å²) in [5, 5.41) is 18.1. The Morgan fingerprint density at radius 2 is 2.13 bits per heavy atom. The minimum atomic E-state index is -0.506. The monoisotopic (exact) mass is 536 g/mol. The molecule has 1 saturated carbocycles. The lowest BCUT2D eigenvalue weighted by Crippen LogP contribution is -2.38. The first-order valence-electron chi connectivity index (χ1n) is 12.7. The molecule has 4 aromatic rings. The van der Waals surface area contributed by atoms with Crippen molar-refractivity contribution in [1.82, 2.24) is 34.8 Å². The van der Waals surface area contributed by atoms with Crippen LogP contribution in [0.1, 0.15) is 34.6 Å². The number of amides is 1. The minimum Gasteiger partial charge on any atom is -0.493 e. The van der Waals surface area contributed by atoms with E-state index in [-0.39, 0.29) is 23.5 Å². The van der Waals surface area contributed by atoms with Crippen molar-refractivity contribution >= 4 is 29.0 Å². The lowest BCUT2D eigenvalue weighted by atomic mass is 10.3. The summed E-state index contributed by atoms with van der Waals surface area (Å²) in [5.41, 5.74) is 1.61. The lowest BCUT2D eigenvalue weighted by molar-refractivity contribution is 0.0374. The van der Waals surface area contributed by atoms with Gasteiger partial charge in [-0.15, -0.1) is 11.3 Å². The third-order valence-electron chi connectivity index (χ3n) is 6.50. The van der Waals surface area contributed by atoms with Gasteiger partial charge in [-0.1, -0.05) is 0 Å². The lowest BCUT2D eigenvalue weighted by Gasteiger charge is -2.26. The fraction of sp³-hybridized carbons (Fsp3) is 0.400. The molecule has 4 N–H and O–H groups in total. The van der Waals surface area contributed by atoms with Gasteiger partial charge in [-0.2, -0.15) is 9.61 Å². The maximum Gasteiger partial charge on any atom is 0.326 e. The van der Waals surface area contributed by atoms with Crippen LogP contribution in [-0.4, -0.2) is 85.9 Å². The van der Waals surface area contributed by atoms with Gasteiger partial charge in [0.05, 0.1) is 40.9 Å². The smallest absolute Gasteiger partial charge is 0.326 e. The zero-order chi connectivity index (χ0) is 26.1. The molecule has 6 rings (SSSR count). The van der Waals surface area contributed by atoms with Crippen molar-refractivity contribution < 1.29 is 14.6 Å². The van der Waals surface area contributed by atoms with Gasteiger partial charge in [0.1, 0.15) is 5.69 Å². The number of nitrogens with zero attached hydrogens (tertiary/aromatic N) is 5. The normalized spacial score (nSPS) is 17.5. The molecule has 1 aliphatic carbocycles. The molecule has 38 heavy (non-hydrogen) atoms. The highest BCUT2D eigenvalue weighted by Gasteiger charge is 2.21. The second-order valence-corrected chi connectivity index (χ2v) is 10.5. The van der Waals surface area contributed by atoms with E-state index < -0.39 is 5.69 Å². The van der Waals surface area contributed by atoms with Crippen molar-refractivity contribution in [2.75, 3.05) is 39.4 Å². The number of aromatic hydroxyl groups is 1. The predicted molar refractivity (Wildman–Crippen MR) is 141 cm³/mol. The van der Waals surface area contributed by atoms with E-state index in [0.717, 1.165) is 57.0 Å². The van der Waals surface area contributed by atoms with Crippen LogP contribution in [0.3, 0.4) is 0 Å². The number of nitrogens with one attached hydrogen (secondary N) is 3. The molecule has 5 heterocycles. The maximum absolute atomic E-state index is 12.8. The highest BCUT2D eigenvalue weighted by atomic mass is 32.1. The molecule has 198 valence electrons. The van der Waals surface area contributed by atoms with E-state index in [1.54, 1.807) is 16.8 Å². The summed E-state index contributed by atoms with van der Waals surface area (Å²) < 4.78 is 7.03. The largest absolute Gasteiger partial charge is 0.493 e. The summed E-state index contributed by atoms with van der Waals surface area (Å²) in [7, 11) is 0. The molecular formula is C25H28N8O4S. The summed E-state index contributed by atoms with van der Waals surface area (Å²) in [4.78, 5) is 42.6. The van der Waals surface area contributed by atoms with Crippen molar-refractivity contribution in [3.63, 3.8) is 0 Å². The van der Waals surface area contributed by atoms with Crippen LogP contribution in [0.4, 0.5) is 0 Å². The number of aromatic nitrogens is 5. The van der Waals surface area contributed by atoms with Crippen LogP contribution < -0.4 is 21.7 Å². The number of ether oxygens (including phenoxy) is 1. The van der Waals surface area contributed by atoms with E-state index in [1.807, 2.05) is 18.2 Å². The number of aromatic amines is 2. The molecule has 0 unspecified atom stereocenters. The number of carbonyl (C=O) groups is 1. The van der Waals surface area contributed by atoms with Crippen LogP contribution in [0.2, 0.25) is 0 Å². The molecular weight excluding hydrogens is 508 g/mol. The highest BCUT2D eigenvalue weighted by molar-refractivity contribution is 7.17. The van der Waals surface area contributed by atoms with Crippen molar-refractivity contribution in [2.24, 2.45) is 4.99 Å². The molecule has 12 nitrogen and oxygen atoms in total. The zero-order valence-electron chi connectivity index (χ0n) is 20.6. The number of H-pyrrole nitrogens is 2. The molecule has 0 radical (unpaired) electrons. The number of imidazole rings is 1. The molecule has 0 spiro atoms. The second kappa shape index (κ2) is 10.5. The van der Waals surface area contributed by atoms with Gasteiger partial charge in [0.2, 0.25) is 5.88 Å².